The average molecular weight is 290 g/mol. The highest BCUT2D eigenvalue weighted by Gasteiger charge is 2.07. The van der Waals surface area contributed by atoms with E-state index in [2.05, 4.69) is 15.3 Å². The molecular weight excluding hydrogens is 278 g/mol. The Morgan fingerprint density at radius 3 is 2.70 bits per heavy atom. The number of halogens is 1. The molecule has 1 aromatic carbocycles. The van der Waals surface area contributed by atoms with E-state index < -0.39 is 0 Å². The van der Waals surface area contributed by atoms with Crippen molar-refractivity contribution >= 4 is 35.1 Å². The lowest BCUT2D eigenvalue weighted by Gasteiger charge is -2.04. The number of nitrogens with one attached hydrogen (secondary N) is 1. The first-order chi connectivity index (χ1) is 9.22. The van der Waals surface area contributed by atoms with Gasteiger partial charge in [-0.1, -0.05) is 0 Å². The van der Waals surface area contributed by atoms with Gasteiger partial charge in [-0.2, -0.15) is 0 Å². The summed E-state index contributed by atoms with van der Waals surface area (Å²) in [5.74, 6) is 0.426. The quantitative estimate of drug-likeness (QED) is 0.786. The minimum atomic E-state index is -0.179. The van der Waals surface area contributed by atoms with Crippen LogP contribution in [-0.2, 0) is 0 Å². The molecule has 0 saturated heterocycles. The number of aromatic nitrogens is 2. The molecule has 102 valence electrons. The van der Waals surface area contributed by atoms with Crippen LogP contribution in [0.25, 0.3) is 11.1 Å². The van der Waals surface area contributed by atoms with E-state index in [0.29, 0.717) is 22.7 Å². The van der Waals surface area contributed by atoms with Gasteiger partial charge in [-0.25, -0.2) is 4.98 Å². The van der Waals surface area contributed by atoms with Gasteiger partial charge < -0.3 is 9.73 Å². The number of hydrogen-bond donors (Lipinski definition) is 1. The van der Waals surface area contributed by atoms with E-state index in [1.54, 1.807) is 49.6 Å². The number of pyridine rings is 1. The molecule has 0 aliphatic carbocycles. The lowest BCUT2D eigenvalue weighted by molar-refractivity contribution is 0.102. The van der Waals surface area contributed by atoms with Crippen LogP contribution in [0.15, 0.2) is 47.1 Å². The summed E-state index contributed by atoms with van der Waals surface area (Å²) in [6, 6.07) is 8.68. The number of hydrogen-bond acceptors (Lipinski definition) is 4. The second kappa shape index (κ2) is 5.71. The van der Waals surface area contributed by atoms with Crippen molar-refractivity contribution in [3.8, 4) is 0 Å². The number of oxazole rings is 1. The molecule has 1 N–H and O–H groups in total. The summed E-state index contributed by atoms with van der Waals surface area (Å²) in [4.78, 5) is 20.1. The van der Waals surface area contributed by atoms with Crippen LogP contribution in [0.2, 0.25) is 0 Å². The van der Waals surface area contributed by atoms with Gasteiger partial charge in [-0.3, -0.25) is 9.78 Å². The van der Waals surface area contributed by atoms with Crippen molar-refractivity contribution in [2.45, 2.75) is 6.92 Å². The molecule has 0 fully saturated rings. The van der Waals surface area contributed by atoms with Crippen molar-refractivity contribution in [3.63, 3.8) is 0 Å². The average Bonchev–Trinajstić information content (AvgIpc) is 2.79. The van der Waals surface area contributed by atoms with Crippen molar-refractivity contribution in [2.24, 2.45) is 0 Å². The summed E-state index contributed by atoms with van der Waals surface area (Å²) >= 11 is 0. The minimum Gasteiger partial charge on any atom is -0.441 e. The van der Waals surface area contributed by atoms with Crippen LogP contribution in [0.5, 0.6) is 0 Å². The molecule has 20 heavy (non-hydrogen) atoms. The summed E-state index contributed by atoms with van der Waals surface area (Å²) in [5.41, 5.74) is 2.68. The van der Waals surface area contributed by atoms with Crippen LogP contribution in [0, 0.1) is 6.92 Å². The van der Waals surface area contributed by atoms with Gasteiger partial charge in [0.15, 0.2) is 11.5 Å². The van der Waals surface area contributed by atoms with E-state index in [-0.39, 0.29) is 18.3 Å². The largest absolute Gasteiger partial charge is 0.441 e. The van der Waals surface area contributed by atoms with Crippen LogP contribution in [0.3, 0.4) is 0 Å². The van der Waals surface area contributed by atoms with Crippen molar-refractivity contribution in [1.29, 1.82) is 0 Å². The molecule has 1 amide bonds. The van der Waals surface area contributed by atoms with E-state index in [0.717, 1.165) is 5.52 Å². The number of fused-ring (bicyclic) bond motifs is 1. The summed E-state index contributed by atoms with van der Waals surface area (Å²) in [5, 5.41) is 2.81. The van der Waals surface area contributed by atoms with E-state index in [1.807, 2.05) is 0 Å². The van der Waals surface area contributed by atoms with Crippen molar-refractivity contribution in [2.75, 3.05) is 5.32 Å². The standard InChI is InChI=1S/C14H11N3O2.ClH/c1-9-16-12-8-11(2-3-13(12)19-9)17-14(18)10-4-6-15-7-5-10;/h2-8H,1H3,(H,17,18);1H. The Bertz CT molecular complexity index is 741. The Morgan fingerprint density at radius 1 is 1.20 bits per heavy atom. The number of rotatable bonds is 2. The zero-order valence-electron chi connectivity index (χ0n) is 10.7. The maximum atomic E-state index is 12.0. The van der Waals surface area contributed by atoms with Crippen LogP contribution >= 0.6 is 12.4 Å². The molecule has 0 spiro atoms. The molecule has 0 aliphatic rings. The Hall–Kier alpha value is -2.40. The molecule has 3 rings (SSSR count). The molecule has 6 heteroatoms. The van der Waals surface area contributed by atoms with E-state index in [4.69, 9.17) is 4.42 Å². The van der Waals surface area contributed by atoms with Gasteiger partial charge in [-0.15, -0.1) is 12.4 Å². The zero-order valence-corrected chi connectivity index (χ0v) is 11.5. The van der Waals surface area contributed by atoms with Gasteiger partial charge in [0.1, 0.15) is 5.52 Å². The molecule has 0 atom stereocenters. The van der Waals surface area contributed by atoms with Crippen molar-refractivity contribution < 1.29 is 9.21 Å². The Kier molecular flexibility index (Phi) is 4.00. The fourth-order valence-corrected chi connectivity index (χ4v) is 1.83. The molecular formula is C14H12ClN3O2. The molecule has 0 bridgehead atoms. The number of carbonyl (C=O) groups is 1. The highest BCUT2D eigenvalue weighted by molar-refractivity contribution is 6.04. The third-order valence-electron chi connectivity index (χ3n) is 2.69. The molecule has 5 nitrogen and oxygen atoms in total. The van der Waals surface area contributed by atoms with Gasteiger partial charge in [0.25, 0.3) is 5.91 Å². The predicted molar refractivity (Wildman–Crippen MR) is 78.2 cm³/mol. The predicted octanol–water partition coefficient (Wildman–Crippen LogP) is 3.21. The second-order valence-electron chi connectivity index (χ2n) is 4.11. The molecule has 3 aromatic rings. The fourth-order valence-electron chi connectivity index (χ4n) is 1.83. The molecule has 0 radical (unpaired) electrons. The van der Waals surface area contributed by atoms with E-state index in [1.165, 1.54) is 0 Å². The number of anilines is 1. The number of nitrogens with zero attached hydrogens (tertiary/aromatic N) is 2. The minimum absolute atomic E-state index is 0. The second-order valence-corrected chi connectivity index (χ2v) is 4.11. The Morgan fingerprint density at radius 2 is 1.95 bits per heavy atom. The van der Waals surface area contributed by atoms with Crippen LogP contribution in [0.4, 0.5) is 5.69 Å². The van der Waals surface area contributed by atoms with Crippen molar-refractivity contribution in [1.82, 2.24) is 9.97 Å². The first-order valence-electron chi connectivity index (χ1n) is 5.81. The van der Waals surface area contributed by atoms with Gasteiger partial charge in [-0.05, 0) is 30.3 Å². The van der Waals surface area contributed by atoms with Crippen LogP contribution < -0.4 is 5.32 Å². The van der Waals surface area contributed by atoms with Crippen LogP contribution in [0.1, 0.15) is 16.2 Å². The van der Waals surface area contributed by atoms with E-state index in [9.17, 15) is 4.79 Å². The highest BCUT2D eigenvalue weighted by Crippen LogP contribution is 2.20. The number of aryl methyl sites for hydroxylation is 1. The monoisotopic (exact) mass is 289 g/mol. The normalized spacial score (nSPS) is 10.1. The summed E-state index contributed by atoms with van der Waals surface area (Å²) in [7, 11) is 0. The number of benzene rings is 1. The summed E-state index contributed by atoms with van der Waals surface area (Å²) in [6.07, 6.45) is 3.16. The number of amides is 1. The lowest BCUT2D eigenvalue weighted by Crippen LogP contribution is -2.11. The molecule has 0 aliphatic heterocycles. The smallest absolute Gasteiger partial charge is 0.255 e. The van der Waals surface area contributed by atoms with E-state index >= 15 is 0 Å². The third-order valence-corrected chi connectivity index (χ3v) is 2.69. The molecule has 0 saturated carbocycles. The van der Waals surface area contributed by atoms with Gasteiger partial charge in [0, 0.05) is 30.6 Å². The Labute approximate surface area is 121 Å². The van der Waals surface area contributed by atoms with Gasteiger partial charge >= 0.3 is 0 Å². The first-order valence-corrected chi connectivity index (χ1v) is 5.81. The Balaban J connectivity index is 0.00000147. The summed E-state index contributed by atoms with van der Waals surface area (Å²) < 4.78 is 5.38. The maximum Gasteiger partial charge on any atom is 0.255 e. The van der Waals surface area contributed by atoms with Crippen molar-refractivity contribution in [3.05, 3.63) is 54.2 Å². The zero-order chi connectivity index (χ0) is 13.2. The summed E-state index contributed by atoms with van der Waals surface area (Å²) in [6.45, 7) is 1.79. The molecule has 0 unspecified atom stereocenters. The first kappa shape index (κ1) is 14.0. The fraction of sp³-hybridized carbons (Fsp3) is 0.0714. The van der Waals surface area contributed by atoms with Crippen LogP contribution in [-0.4, -0.2) is 15.9 Å². The lowest BCUT2D eigenvalue weighted by atomic mass is 10.2. The maximum absolute atomic E-state index is 12.0. The van der Waals surface area contributed by atoms with Gasteiger partial charge in [0.05, 0.1) is 0 Å². The SMILES string of the molecule is Cc1nc2cc(NC(=O)c3ccncc3)ccc2o1.Cl. The van der Waals surface area contributed by atoms with Gasteiger partial charge in [0.2, 0.25) is 0 Å². The highest BCUT2D eigenvalue weighted by atomic mass is 35.5. The third kappa shape index (κ3) is 2.78. The molecule has 2 heterocycles. The number of carbonyl (C=O) groups excluding carboxylic acids is 1. The molecule has 2 aromatic heterocycles. The topological polar surface area (TPSA) is 68.0 Å².